The lowest BCUT2D eigenvalue weighted by molar-refractivity contribution is -0.0565. The highest BCUT2D eigenvalue weighted by Crippen LogP contribution is 2.31. The Labute approximate surface area is 122 Å². The van der Waals surface area contributed by atoms with Gasteiger partial charge in [0.25, 0.3) is 0 Å². The Bertz CT molecular complexity index is 408. The highest BCUT2D eigenvalue weighted by Gasteiger charge is 2.28. The molecule has 0 radical (unpaired) electrons. The van der Waals surface area contributed by atoms with Crippen molar-refractivity contribution in [2.75, 3.05) is 20.3 Å². The second kappa shape index (κ2) is 7.77. The number of nitrogens with one attached hydrogen (secondary N) is 1. The Morgan fingerprint density at radius 2 is 2.15 bits per heavy atom. The summed E-state index contributed by atoms with van der Waals surface area (Å²) < 4.78 is 11.4. The number of methoxy groups -OCH3 is 1. The monoisotopic (exact) mass is 277 g/mol. The SMILES string of the molecule is CCNC1c2ccccc2CCCC1OC(C)COC. The van der Waals surface area contributed by atoms with Crippen LogP contribution in [-0.2, 0) is 15.9 Å². The van der Waals surface area contributed by atoms with Crippen LogP contribution in [0, 0.1) is 0 Å². The first-order chi connectivity index (χ1) is 9.76. The molecule has 0 bridgehead atoms. The zero-order valence-corrected chi connectivity index (χ0v) is 12.9. The standard InChI is InChI=1S/C17H27NO2/c1-4-18-17-15-10-6-5-8-14(15)9-7-11-16(17)20-13(2)12-19-3/h5-6,8,10,13,16-18H,4,7,9,11-12H2,1-3H3. The number of likely N-dealkylation sites (N-methyl/N-ethyl adjacent to an activating group) is 1. The predicted molar refractivity (Wildman–Crippen MR) is 82.0 cm³/mol. The molecule has 0 amide bonds. The van der Waals surface area contributed by atoms with E-state index in [0.29, 0.717) is 6.61 Å². The summed E-state index contributed by atoms with van der Waals surface area (Å²) in [5, 5.41) is 3.61. The second-order valence-corrected chi connectivity index (χ2v) is 5.57. The van der Waals surface area contributed by atoms with Gasteiger partial charge in [-0.25, -0.2) is 0 Å². The molecule has 0 fully saturated rings. The second-order valence-electron chi connectivity index (χ2n) is 5.57. The Kier molecular flexibility index (Phi) is 6.02. The molecule has 0 aliphatic heterocycles. The third-order valence-corrected chi connectivity index (χ3v) is 3.93. The fraction of sp³-hybridized carbons (Fsp3) is 0.647. The zero-order chi connectivity index (χ0) is 14.4. The van der Waals surface area contributed by atoms with Crippen LogP contribution in [0.15, 0.2) is 24.3 Å². The summed E-state index contributed by atoms with van der Waals surface area (Å²) in [4.78, 5) is 0. The molecular weight excluding hydrogens is 250 g/mol. The van der Waals surface area contributed by atoms with Gasteiger partial charge in [0, 0.05) is 7.11 Å². The number of benzene rings is 1. The lowest BCUT2D eigenvalue weighted by Crippen LogP contribution is -2.36. The molecule has 3 unspecified atom stereocenters. The summed E-state index contributed by atoms with van der Waals surface area (Å²) in [6.07, 6.45) is 3.79. The largest absolute Gasteiger partial charge is 0.382 e. The van der Waals surface area contributed by atoms with E-state index in [1.807, 2.05) is 0 Å². The summed E-state index contributed by atoms with van der Waals surface area (Å²) >= 11 is 0. The molecule has 0 spiro atoms. The summed E-state index contributed by atoms with van der Waals surface area (Å²) in [6.45, 7) is 5.85. The van der Waals surface area contributed by atoms with E-state index in [2.05, 4.69) is 43.4 Å². The molecule has 1 aromatic carbocycles. The molecule has 112 valence electrons. The zero-order valence-electron chi connectivity index (χ0n) is 12.9. The van der Waals surface area contributed by atoms with E-state index in [-0.39, 0.29) is 18.2 Å². The first kappa shape index (κ1) is 15.5. The molecule has 20 heavy (non-hydrogen) atoms. The van der Waals surface area contributed by atoms with Crippen molar-refractivity contribution >= 4 is 0 Å². The van der Waals surface area contributed by atoms with E-state index < -0.39 is 0 Å². The van der Waals surface area contributed by atoms with Crippen LogP contribution in [-0.4, -0.2) is 32.5 Å². The van der Waals surface area contributed by atoms with E-state index in [0.717, 1.165) is 19.4 Å². The first-order valence-corrected chi connectivity index (χ1v) is 7.71. The molecule has 1 aromatic rings. The average Bonchev–Trinajstić information content (AvgIpc) is 2.60. The van der Waals surface area contributed by atoms with Crippen LogP contribution in [0.3, 0.4) is 0 Å². The molecule has 0 heterocycles. The minimum absolute atomic E-state index is 0.136. The summed E-state index contributed by atoms with van der Waals surface area (Å²) in [5.41, 5.74) is 2.87. The van der Waals surface area contributed by atoms with Crippen molar-refractivity contribution in [1.82, 2.24) is 5.32 Å². The highest BCUT2D eigenvalue weighted by molar-refractivity contribution is 5.32. The van der Waals surface area contributed by atoms with Gasteiger partial charge < -0.3 is 14.8 Å². The van der Waals surface area contributed by atoms with E-state index in [4.69, 9.17) is 9.47 Å². The number of hydrogen-bond acceptors (Lipinski definition) is 3. The molecule has 1 N–H and O–H groups in total. The van der Waals surface area contributed by atoms with Gasteiger partial charge in [-0.05, 0) is 43.9 Å². The normalized spacial score (nSPS) is 23.9. The smallest absolute Gasteiger partial charge is 0.0785 e. The van der Waals surface area contributed by atoms with Crippen molar-refractivity contribution in [3.8, 4) is 0 Å². The molecule has 3 nitrogen and oxygen atoms in total. The van der Waals surface area contributed by atoms with Gasteiger partial charge in [-0.15, -0.1) is 0 Å². The van der Waals surface area contributed by atoms with Gasteiger partial charge in [0.05, 0.1) is 24.9 Å². The number of aryl methyl sites for hydroxylation is 1. The van der Waals surface area contributed by atoms with Crippen LogP contribution >= 0.6 is 0 Å². The predicted octanol–water partition coefficient (Wildman–Crippen LogP) is 3.09. The number of fused-ring (bicyclic) bond motifs is 1. The number of hydrogen-bond donors (Lipinski definition) is 1. The average molecular weight is 277 g/mol. The molecule has 1 aliphatic rings. The van der Waals surface area contributed by atoms with Gasteiger partial charge in [-0.1, -0.05) is 31.2 Å². The Morgan fingerprint density at radius 3 is 2.90 bits per heavy atom. The third kappa shape index (κ3) is 3.81. The van der Waals surface area contributed by atoms with Crippen molar-refractivity contribution in [3.05, 3.63) is 35.4 Å². The van der Waals surface area contributed by atoms with Crippen molar-refractivity contribution in [2.45, 2.75) is 51.4 Å². The Morgan fingerprint density at radius 1 is 1.35 bits per heavy atom. The van der Waals surface area contributed by atoms with E-state index in [1.54, 1.807) is 7.11 Å². The maximum atomic E-state index is 6.25. The summed E-state index contributed by atoms with van der Waals surface area (Å²) in [6, 6.07) is 9.05. The van der Waals surface area contributed by atoms with Crippen molar-refractivity contribution in [1.29, 1.82) is 0 Å². The minimum Gasteiger partial charge on any atom is -0.382 e. The summed E-state index contributed by atoms with van der Waals surface area (Å²) in [5.74, 6) is 0. The molecule has 2 rings (SSSR count). The lowest BCUT2D eigenvalue weighted by Gasteiger charge is -2.30. The molecule has 3 heteroatoms. The summed E-state index contributed by atoms with van der Waals surface area (Å²) in [7, 11) is 1.73. The van der Waals surface area contributed by atoms with Crippen LogP contribution in [0.2, 0.25) is 0 Å². The molecule has 0 aromatic heterocycles. The minimum atomic E-state index is 0.136. The Balaban J connectivity index is 2.18. The molecular formula is C17H27NO2. The van der Waals surface area contributed by atoms with Crippen molar-refractivity contribution in [3.63, 3.8) is 0 Å². The molecule has 1 aliphatic carbocycles. The molecule has 3 atom stereocenters. The van der Waals surface area contributed by atoms with Crippen LogP contribution in [0.4, 0.5) is 0 Å². The third-order valence-electron chi connectivity index (χ3n) is 3.93. The van der Waals surface area contributed by atoms with Crippen LogP contribution in [0.5, 0.6) is 0 Å². The van der Waals surface area contributed by atoms with Gasteiger partial charge in [0.15, 0.2) is 0 Å². The lowest BCUT2D eigenvalue weighted by atomic mass is 9.97. The van der Waals surface area contributed by atoms with Crippen molar-refractivity contribution in [2.24, 2.45) is 0 Å². The highest BCUT2D eigenvalue weighted by atomic mass is 16.5. The fourth-order valence-electron chi connectivity index (χ4n) is 3.11. The van der Waals surface area contributed by atoms with Gasteiger partial charge in [-0.3, -0.25) is 0 Å². The van der Waals surface area contributed by atoms with Gasteiger partial charge in [-0.2, -0.15) is 0 Å². The van der Waals surface area contributed by atoms with Gasteiger partial charge >= 0.3 is 0 Å². The number of ether oxygens (including phenoxy) is 2. The van der Waals surface area contributed by atoms with Crippen LogP contribution in [0.25, 0.3) is 0 Å². The van der Waals surface area contributed by atoms with E-state index >= 15 is 0 Å². The first-order valence-electron chi connectivity index (χ1n) is 7.71. The maximum Gasteiger partial charge on any atom is 0.0785 e. The van der Waals surface area contributed by atoms with E-state index in [1.165, 1.54) is 17.5 Å². The Hall–Kier alpha value is -0.900. The molecule has 0 saturated heterocycles. The quantitative estimate of drug-likeness (QED) is 0.811. The molecule has 0 saturated carbocycles. The van der Waals surface area contributed by atoms with Gasteiger partial charge in [0.1, 0.15) is 0 Å². The topological polar surface area (TPSA) is 30.5 Å². The van der Waals surface area contributed by atoms with Gasteiger partial charge in [0.2, 0.25) is 0 Å². The van der Waals surface area contributed by atoms with Crippen molar-refractivity contribution < 1.29 is 9.47 Å². The van der Waals surface area contributed by atoms with E-state index in [9.17, 15) is 0 Å². The van der Waals surface area contributed by atoms with Crippen LogP contribution in [0.1, 0.15) is 43.9 Å². The van der Waals surface area contributed by atoms with Crippen LogP contribution < -0.4 is 5.32 Å². The maximum absolute atomic E-state index is 6.25. The fourth-order valence-corrected chi connectivity index (χ4v) is 3.11. The number of rotatable bonds is 6.